The summed E-state index contributed by atoms with van der Waals surface area (Å²) in [5.41, 5.74) is 5.67. The molecule has 3 atom stereocenters. The largest absolute Gasteiger partial charge is 0.348 e. The Balaban J connectivity index is 0.00000288. The van der Waals surface area contributed by atoms with E-state index in [1.165, 1.54) is 12.1 Å². The Labute approximate surface area is 148 Å². The lowest BCUT2D eigenvalue weighted by Gasteiger charge is -2.33. The third kappa shape index (κ3) is 4.67. The molecule has 3 nitrogen and oxygen atoms in total. The van der Waals surface area contributed by atoms with E-state index in [2.05, 4.69) is 5.32 Å². The number of hydrogen-bond donors (Lipinski definition) is 2. The monoisotopic (exact) mass is 360 g/mol. The molecule has 1 saturated carbocycles. The maximum absolute atomic E-state index is 14.2. The number of halogens is 3. The molecule has 1 aromatic carbocycles. The molecule has 0 saturated heterocycles. The average molecular weight is 361 g/mol. The molecule has 0 aliphatic heterocycles. The molecule has 1 fully saturated rings. The second-order valence-corrected chi connectivity index (χ2v) is 7.51. The third-order valence-electron chi connectivity index (χ3n) is 4.72. The summed E-state index contributed by atoms with van der Waals surface area (Å²) in [4.78, 5) is 12.7. The van der Waals surface area contributed by atoms with Gasteiger partial charge in [0.1, 0.15) is 11.6 Å². The van der Waals surface area contributed by atoms with Gasteiger partial charge in [-0.3, -0.25) is 4.79 Å². The second kappa shape index (κ2) is 8.26. The van der Waals surface area contributed by atoms with Crippen LogP contribution in [0.25, 0.3) is 0 Å². The van der Waals surface area contributed by atoms with Gasteiger partial charge in [0, 0.05) is 17.5 Å². The van der Waals surface area contributed by atoms with E-state index in [1.54, 1.807) is 0 Å². The van der Waals surface area contributed by atoms with Gasteiger partial charge < -0.3 is 11.1 Å². The molecule has 0 heterocycles. The molecule has 1 aliphatic carbocycles. The fraction of sp³-hybridized carbons (Fsp3) is 0.611. The highest BCUT2D eigenvalue weighted by molar-refractivity contribution is 5.85. The molecule has 1 unspecified atom stereocenters. The van der Waals surface area contributed by atoms with Crippen LogP contribution in [0.2, 0.25) is 0 Å². The number of benzene rings is 1. The summed E-state index contributed by atoms with van der Waals surface area (Å²) in [6.07, 6.45) is 2.77. The molecule has 1 amide bonds. The molecule has 136 valence electrons. The van der Waals surface area contributed by atoms with Crippen molar-refractivity contribution in [1.29, 1.82) is 0 Å². The molecule has 0 radical (unpaired) electrons. The number of nitrogens with two attached hydrogens (primary N) is 1. The normalized spacial score (nSPS) is 21.9. The number of amides is 1. The summed E-state index contributed by atoms with van der Waals surface area (Å²) in [5.74, 6) is -1.26. The van der Waals surface area contributed by atoms with Crippen LogP contribution in [-0.4, -0.2) is 12.5 Å². The van der Waals surface area contributed by atoms with Gasteiger partial charge >= 0.3 is 0 Å². The van der Waals surface area contributed by atoms with Gasteiger partial charge in [-0.25, -0.2) is 8.78 Å². The first kappa shape index (κ1) is 20.8. The minimum absolute atomic E-state index is 0. The Kier molecular flexibility index (Phi) is 7.17. The van der Waals surface area contributed by atoms with Crippen LogP contribution in [0.5, 0.6) is 0 Å². The average Bonchev–Trinajstić information content (AvgIpc) is 2.92. The Morgan fingerprint density at radius 3 is 2.54 bits per heavy atom. The Bertz CT molecular complexity index is 575. The lowest BCUT2D eigenvalue weighted by molar-refractivity contribution is -0.127. The highest BCUT2D eigenvalue weighted by Gasteiger charge is 2.36. The number of carbonyl (C=O) groups excluding carboxylic acids is 1. The predicted octanol–water partition coefficient (Wildman–Crippen LogP) is 3.97. The van der Waals surface area contributed by atoms with Gasteiger partial charge in [0.25, 0.3) is 0 Å². The van der Waals surface area contributed by atoms with Crippen molar-refractivity contribution < 1.29 is 13.6 Å². The van der Waals surface area contributed by atoms with Crippen LogP contribution < -0.4 is 11.1 Å². The first-order valence-electron chi connectivity index (χ1n) is 8.19. The molecule has 2 rings (SSSR count). The topological polar surface area (TPSA) is 55.1 Å². The van der Waals surface area contributed by atoms with E-state index >= 15 is 0 Å². The summed E-state index contributed by atoms with van der Waals surface area (Å²) in [6, 6.07) is 2.98. The van der Waals surface area contributed by atoms with Crippen LogP contribution in [-0.2, 0) is 4.79 Å². The van der Waals surface area contributed by atoms with Crippen LogP contribution in [0, 0.1) is 28.9 Å². The van der Waals surface area contributed by atoms with Crippen LogP contribution in [0.4, 0.5) is 8.78 Å². The lowest BCUT2D eigenvalue weighted by atomic mass is 9.81. The first-order chi connectivity index (χ1) is 10.7. The number of rotatable bonds is 4. The molecule has 6 heteroatoms. The zero-order valence-corrected chi connectivity index (χ0v) is 15.3. The SMILES string of the molecule is CC(C)(C)C(NC(=O)[C@@H]1CCC[C@@H]1CN)c1ccc(F)cc1F.Cl. The van der Waals surface area contributed by atoms with E-state index < -0.39 is 23.1 Å². The zero-order valence-electron chi connectivity index (χ0n) is 14.4. The molecule has 24 heavy (non-hydrogen) atoms. The fourth-order valence-corrected chi connectivity index (χ4v) is 3.41. The number of nitrogens with one attached hydrogen (secondary N) is 1. The molecule has 3 N–H and O–H groups in total. The highest BCUT2D eigenvalue weighted by Crippen LogP contribution is 2.37. The summed E-state index contributed by atoms with van der Waals surface area (Å²) in [6.45, 7) is 6.27. The van der Waals surface area contributed by atoms with Crippen LogP contribution in [0.3, 0.4) is 0 Å². The maximum atomic E-state index is 14.2. The van der Waals surface area contributed by atoms with E-state index in [-0.39, 0.29) is 30.2 Å². The van der Waals surface area contributed by atoms with Crippen molar-refractivity contribution >= 4 is 18.3 Å². The van der Waals surface area contributed by atoms with Crippen molar-refractivity contribution in [2.75, 3.05) is 6.54 Å². The van der Waals surface area contributed by atoms with E-state index in [0.717, 1.165) is 25.3 Å². The summed E-state index contributed by atoms with van der Waals surface area (Å²) in [7, 11) is 0. The minimum atomic E-state index is -0.632. The summed E-state index contributed by atoms with van der Waals surface area (Å²) >= 11 is 0. The predicted molar refractivity (Wildman–Crippen MR) is 93.8 cm³/mol. The van der Waals surface area contributed by atoms with E-state index in [0.29, 0.717) is 12.1 Å². The van der Waals surface area contributed by atoms with E-state index in [4.69, 9.17) is 5.73 Å². The lowest BCUT2D eigenvalue weighted by Crippen LogP contribution is -2.42. The molecule has 1 aromatic rings. The molecule has 0 aromatic heterocycles. The van der Waals surface area contributed by atoms with Gasteiger partial charge in [0.2, 0.25) is 5.91 Å². The Morgan fingerprint density at radius 2 is 2.00 bits per heavy atom. The van der Waals surface area contributed by atoms with Crippen molar-refractivity contribution in [3.8, 4) is 0 Å². The van der Waals surface area contributed by atoms with Gasteiger partial charge in [-0.05, 0) is 36.8 Å². The third-order valence-corrected chi connectivity index (χ3v) is 4.72. The maximum Gasteiger partial charge on any atom is 0.223 e. The van der Waals surface area contributed by atoms with Gasteiger partial charge in [-0.1, -0.05) is 33.3 Å². The van der Waals surface area contributed by atoms with Gasteiger partial charge in [-0.2, -0.15) is 0 Å². The van der Waals surface area contributed by atoms with Crippen molar-refractivity contribution in [1.82, 2.24) is 5.32 Å². The van der Waals surface area contributed by atoms with Crippen molar-refractivity contribution in [2.24, 2.45) is 23.0 Å². The fourth-order valence-electron chi connectivity index (χ4n) is 3.41. The first-order valence-corrected chi connectivity index (χ1v) is 8.19. The highest BCUT2D eigenvalue weighted by atomic mass is 35.5. The number of hydrogen-bond acceptors (Lipinski definition) is 2. The van der Waals surface area contributed by atoms with Gasteiger partial charge in [0.05, 0.1) is 6.04 Å². The molecular formula is C18H27ClF2N2O. The van der Waals surface area contributed by atoms with E-state index in [1.807, 2.05) is 20.8 Å². The molecule has 0 bridgehead atoms. The number of carbonyl (C=O) groups is 1. The quantitative estimate of drug-likeness (QED) is 0.853. The smallest absolute Gasteiger partial charge is 0.223 e. The van der Waals surface area contributed by atoms with Crippen LogP contribution in [0.15, 0.2) is 18.2 Å². The molecule has 0 spiro atoms. The van der Waals surface area contributed by atoms with Gasteiger partial charge in [-0.15, -0.1) is 12.4 Å². The van der Waals surface area contributed by atoms with Crippen molar-refractivity contribution in [3.05, 3.63) is 35.4 Å². The second-order valence-electron chi connectivity index (χ2n) is 7.51. The van der Waals surface area contributed by atoms with Crippen LogP contribution >= 0.6 is 12.4 Å². The van der Waals surface area contributed by atoms with Gasteiger partial charge in [0.15, 0.2) is 0 Å². The minimum Gasteiger partial charge on any atom is -0.348 e. The Hall–Kier alpha value is -1.20. The zero-order chi connectivity index (χ0) is 17.2. The molecule has 1 aliphatic rings. The summed E-state index contributed by atoms with van der Waals surface area (Å²) in [5, 5.41) is 2.98. The van der Waals surface area contributed by atoms with Crippen LogP contribution in [0.1, 0.15) is 51.6 Å². The van der Waals surface area contributed by atoms with E-state index in [9.17, 15) is 13.6 Å². The Morgan fingerprint density at radius 1 is 1.33 bits per heavy atom. The summed E-state index contributed by atoms with van der Waals surface area (Å²) < 4.78 is 27.4. The molecular weight excluding hydrogens is 334 g/mol. The van der Waals surface area contributed by atoms with Crippen molar-refractivity contribution in [3.63, 3.8) is 0 Å². The van der Waals surface area contributed by atoms with Crippen molar-refractivity contribution in [2.45, 2.75) is 46.1 Å². The standard InChI is InChI=1S/C18H26F2N2O.ClH/c1-18(2,3)16(14-8-7-12(19)9-15(14)20)22-17(23)13-6-4-5-11(13)10-21;/h7-9,11,13,16H,4-6,10,21H2,1-3H3,(H,22,23);1H/t11-,13-,16?;/m1./s1.